The van der Waals surface area contributed by atoms with Crippen molar-refractivity contribution in [2.75, 3.05) is 14.2 Å². The third-order valence-electron chi connectivity index (χ3n) is 4.93. The molecular formula is C23H20O4. The van der Waals surface area contributed by atoms with Gasteiger partial charge in [0.05, 0.1) is 14.2 Å². The molecule has 0 saturated carbocycles. The fraction of sp³-hybridized carbons (Fsp3) is 0.130. The Balaban J connectivity index is 2.11. The summed E-state index contributed by atoms with van der Waals surface area (Å²) in [7, 11) is 3.18. The average molecular weight is 360 g/mol. The Morgan fingerprint density at radius 2 is 1.15 bits per heavy atom. The average Bonchev–Trinajstić information content (AvgIpc) is 2.69. The van der Waals surface area contributed by atoms with Gasteiger partial charge in [-0.15, -0.1) is 0 Å². The number of phenolic OH excluding ortho intramolecular Hbond substituents is 2. The van der Waals surface area contributed by atoms with E-state index >= 15 is 0 Å². The largest absolute Gasteiger partial charge is 0.507 e. The van der Waals surface area contributed by atoms with Crippen LogP contribution in [0.4, 0.5) is 0 Å². The lowest BCUT2D eigenvalue weighted by Crippen LogP contribution is -1.92. The monoisotopic (exact) mass is 360 g/mol. The predicted octanol–water partition coefficient (Wildman–Crippen LogP) is 5.40. The molecular weight excluding hydrogens is 340 g/mol. The summed E-state index contributed by atoms with van der Waals surface area (Å²) in [6.45, 7) is 1.97. The molecule has 0 aromatic heterocycles. The molecule has 0 aliphatic rings. The zero-order chi connectivity index (χ0) is 19.1. The first kappa shape index (κ1) is 17.0. The van der Waals surface area contributed by atoms with Crippen molar-refractivity contribution in [3.05, 3.63) is 60.2 Å². The molecule has 0 spiro atoms. The van der Waals surface area contributed by atoms with E-state index in [2.05, 4.69) is 0 Å². The minimum Gasteiger partial charge on any atom is -0.507 e. The summed E-state index contributed by atoms with van der Waals surface area (Å²) < 4.78 is 11.1. The van der Waals surface area contributed by atoms with E-state index in [1.54, 1.807) is 26.4 Å². The number of aromatic hydroxyl groups is 2. The molecule has 4 heteroatoms. The van der Waals surface area contributed by atoms with Gasteiger partial charge in [0, 0.05) is 32.7 Å². The molecule has 0 aliphatic carbocycles. The van der Waals surface area contributed by atoms with E-state index < -0.39 is 0 Å². The summed E-state index contributed by atoms with van der Waals surface area (Å²) in [6.07, 6.45) is 0. The Morgan fingerprint density at radius 1 is 0.630 bits per heavy atom. The summed E-state index contributed by atoms with van der Waals surface area (Å²) in [6, 6.07) is 16.8. The van der Waals surface area contributed by atoms with E-state index in [0.717, 1.165) is 16.3 Å². The minimum atomic E-state index is 0.0933. The first-order valence-corrected chi connectivity index (χ1v) is 8.64. The molecule has 0 amide bonds. The van der Waals surface area contributed by atoms with Crippen LogP contribution in [0.5, 0.6) is 23.0 Å². The lowest BCUT2D eigenvalue weighted by molar-refractivity contribution is 0.417. The van der Waals surface area contributed by atoms with Crippen molar-refractivity contribution < 1.29 is 19.7 Å². The van der Waals surface area contributed by atoms with Gasteiger partial charge in [-0.05, 0) is 25.1 Å². The van der Waals surface area contributed by atoms with Gasteiger partial charge in [0.25, 0.3) is 0 Å². The van der Waals surface area contributed by atoms with Crippen LogP contribution in [0.15, 0.2) is 54.6 Å². The van der Waals surface area contributed by atoms with Crippen molar-refractivity contribution >= 4 is 21.5 Å². The van der Waals surface area contributed by atoms with Gasteiger partial charge >= 0.3 is 0 Å². The standard InChI is InChI=1S/C23H20O4/c1-13-8-9-15-17(10-13)23(25)19(12-21(15)27-3)18-11-20(26-2)14-6-4-5-7-16(14)22(18)24/h4-12,24-25H,1-3H3. The Kier molecular flexibility index (Phi) is 4.04. The molecule has 0 fully saturated rings. The number of methoxy groups -OCH3 is 2. The van der Waals surface area contributed by atoms with Gasteiger partial charge < -0.3 is 19.7 Å². The smallest absolute Gasteiger partial charge is 0.131 e. The summed E-state index contributed by atoms with van der Waals surface area (Å²) in [5.74, 6) is 1.45. The third kappa shape index (κ3) is 2.61. The molecule has 0 aliphatic heterocycles. The summed E-state index contributed by atoms with van der Waals surface area (Å²) in [5, 5.41) is 24.9. The first-order valence-electron chi connectivity index (χ1n) is 8.64. The van der Waals surface area contributed by atoms with Gasteiger partial charge in [-0.25, -0.2) is 0 Å². The van der Waals surface area contributed by atoms with Crippen LogP contribution in [0.3, 0.4) is 0 Å². The van der Waals surface area contributed by atoms with Crippen molar-refractivity contribution in [2.45, 2.75) is 6.92 Å². The van der Waals surface area contributed by atoms with Gasteiger partial charge in [0.15, 0.2) is 0 Å². The number of phenols is 2. The van der Waals surface area contributed by atoms with Crippen LogP contribution in [0, 0.1) is 6.92 Å². The maximum Gasteiger partial charge on any atom is 0.131 e. The van der Waals surface area contributed by atoms with Gasteiger partial charge in [-0.1, -0.05) is 42.0 Å². The van der Waals surface area contributed by atoms with Gasteiger partial charge in [-0.2, -0.15) is 0 Å². The molecule has 0 saturated heterocycles. The van der Waals surface area contributed by atoms with E-state index in [-0.39, 0.29) is 11.5 Å². The van der Waals surface area contributed by atoms with Crippen LogP contribution < -0.4 is 9.47 Å². The van der Waals surface area contributed by atoms with E-state index in [9.17, 15) is 10.2 Å². The van der Waals surface area contributed by atoms with Crippen LogP contribution >= 0.6 is 0 Å². The van der Waals surface area contributed by atoms with E-state index in [4.69, 9.17) is 9.47 Å². The van der Waals surface area contributed by atoms with Crippen molar-refractivity contribution in [3.63, 3.8) is 0 Å². The molecule has 2 N–H and O–H groups in total. The molecule has 27 heavy (non-hydrogen) atoms. The normalized spacial score (nSPS) is 11.1. The van der Waals surface area contributed by atoms with Crippen LogP contribution in [0.25, 0.3) is 32.7 Å². The maximum atomic E-state index is 11.0. The molecule has 0 radical (unpaired) electrons. The highest BCUT2D eigenvalue weighted by Gasteiger charge is 2.19. The number of fused-ring (bicyclic) bond motifs is 2. The van der Waals surface area contributed by atoms with Gasteiger partial charge in [0.2, 0.25) is 0 Å². The second-order valence-electron chi connectivity index (χ2n) is 6.54. The Morgan fingerprint density at radius 3 is 1.74 bits per heavy atom. The highest BCUT2D eigenvalue weighted by molar-refractivity contribution is 6.04. The Bertz CT molecular complexity index is 1180. The number of hydrogen-bond acceptors (Lipinski definition) is 4. The third-order valence-corrected chi connectivity index (χ3v) is 4.93. The van der Waals surface area contributed by atoms with Crippen molar-refractivity contribution in [2.24, 2.45) is 0 Å². The van der Waals surface area contributed by atoms with Crippen LogP contribution in [-0.2, 0) is 0 Å². The zero-order valence-corrected chi connectivity index (χ0v) is 15.4. The number of ether oxygens (including phenoxy) is 2. The quantitative estimate of drug-likeness (QED) is 0.514. The van der Waals surface area contributed by atoms with Crippen molar-refractivity contribution in [1.29, 1.82) is 0 Å². The molecule has 0 atom stereocenters. The lowest BCUT2D eigenvalue weighted by atomic mass is 9.94. The molecule has 0 bridgehead atoms. The number of aryl methyl sites for hydroxylation is 1. The van der Waals surface area contributed by atoms with Crippen molar-refractivity contribution in [3.8, 4) is 34.1 Å². The predicted molar refractivity (Wildman–Crippen MR) is 108 cm³/mol. The van der Waals surface area contributed by atoms with Gasteiger partial charge in [0.1, 0.15) is 23.0 Å². The second kappa shape index (κ2) is 6.40. The summed E-state index contributed by atoms with van der Waals surface area (Å²) in [4.78, 5) is 0. The molecule has 4 aromatic rings. The lowest BCUT2D eigenvalue weighted by Gasteiger charge is -2.16. The van der Waals surface area contributed by atoms with E-state index in [1.807, 2.05) is 49.4 Å². The fourth-order valence-electron chi connectivity index (χ4n) is 3.57. The van der Waals surface area contributed by atoms with Crippen molar-refractivity contribution in [1.82, 2.24) is 0 Å². The summed E-state index contributed by atoms with van der Waals surface area (Å²) in [5.41, 5.74) is 2.01. The number of benzene rings is 4. The highest BCUT2D eigenvalue weighted by Crippen LogP contribution is 2.48. The molecule has 0 unspecified atom stereocenters. The maximum absolute atomic E-state index is 11.0. The van der Waals surface area contributed by atoms with Crippen LogP contribution in [-0.4, -0.2) is 24.4 Å². The second-order valence-corrected chi connectivity index (χ2v) is 6.54. The fourth-order valence-corrected chi connectivity index (χ4v) is 3.57. The molecule has 4 rings (SSSR count). The SMILES string of the molecule is COc1cc(-c2cc(OC)c3ccc(C)cc3c2O)c(O)c2ccccc12. The first-order chi connectivity index (χ1) is 13.0. The molecule has 136 valence electrons. The molecule has 4 aromatic carbocycles. The van der Waals surface area contributed by atoms with E-state index in [1.165, 1.54) is 0 Å². The zero-order valence-electron chi connectivity index (χ0n) is 15.4. The highest BCUT2D eigenvalue weighted by atomic mass is 16.5. The van der Waals surface area contributed by atoms with Crippen LogP contribution in [0.2, 0.25) is 0 Å². The molecule has 4 nitrogen and oxygen atoms in total. The summed E-state index contributed by atoms with van der Waals surface area (Å²) >= 11 is 0. The minimum absolute atomic E-state index is 0.0933. The number of hydrogen-bond donors (Lipinski definition) is 2. The Hall–Kier alpha value is -3.40. The number of rotatable bonds is 3. The van der Waals surface area contributed by atoms with Gasteiger partial charge in [-0.3, -0.25) is 0 Å². The Labute approximate surface area is 157 Å². The van der Waals surface area contributed by atoms with E-state index in [0.29, 0.717) is 33.4 Å². The van der Waals surface area contributed by atoms with Crippen LogP contribution in [0.1, 0.15) is 5.56 Å². The molecule has 0 heterocycles. The topological polar surface area (TPSA) is 58.9 Å².